The molecule has 106 valence electrons. The van der Waals surface area contributed by atoms with Gasteiger partial charge in [-0.05, 0) is 49.9 Å². The van der Waals surface area contributed by atoms with Gasteiger partial charge in [0.2, 0.25) is 0 Å². The average Bonchev–Trinajstić information content (AvgIpc) is 2.92. The third-order valence-electron chi connectivity index (χ3n) is 4.17. The van der Waals surface area contributed by atoms with Crippen molar-refractivity contribution < 1.29 is 9.84 Å². The highest BCUT2D eigenvalue weighted by Crippen LogP contribution is 2.37. The molecule has 1 aliphatic heterocycles. The second kappa shape index (κ2) is 5.51. The minimum Gasteiger partial charge on any atom is -0.496 e. The zero-order valence-corrected chi connectivity index (χ0v) is 12.4. The fourth-order valence-electron chi connectivity index (χ4n) is 2.83. The van der Waals surface area contributed by atoms with Crippen LogP contribution in [0, 0.1) is 0 Å². The number of rotatable bonds is 4. The molecule has 0 radical (unpaired) electrons. The molecule has 0 amide bonds. The van der Waals surface area contributed by atoms with Crippen molar-refractivity contribution in [1.82, 2.24) is 5.32 Å². The number of ether oxygens (including phenoxy) is 1. The molecule has 1 aromatic carbocycles. The first-order valence-corrected chi connectivity index (χ1v) is 7.11. The highest BCUT2D eigenvalue weighted by atomic mass is 16.5. The van der Waals surface area contributed by atoms with Gasteiger partial charge in [0.25, 0.3) is 0 Å². The van der Waals surface area contributed by atoms with Crippen LogP contribution in [0.4, 0.5) is 0 Å². The maximum absolute atomic E-state index is 11.0. The SMILES string of the molecule is COc1ccc(C(C)C)cc1C(C)(O)C1CCCN1. The Morgan fingerprint density at radius 3 is 2.68 bits per heavy atom. The van der Waals surface area contributed by atoms with Gasteiger partial charge in [-0.15, -0.1) is 0 Å². The highest BCUT2D eigenvalue weighted by molar-refractivity contribution is 5.42. The van der Waals surface area contributed by atoms with Gasteiger partial charge in [-0.2, -0.15) is 0 Å². The van der Waals surface area contributed by atoms with Gasteiger partial charge in [0.05, 0.1) is 7.11 Å². The predicted molar refractivity (Wildman–Crippen MR) is 77.7 cm³/mol. The van der Waals surface area contributed by atoms with Gasteiger partial charge in [-0.1, -0.05) is 19.9 Å². The van der Waals surface area contributed by atoms with Crippen LogP contribution in [0.5, 0.6) is 5.75 Å². The van der Waals surface area contributed by atoms with Crippen molar-refractivity contribution in [1.29, 1.82) is 0 Å². The zero-order chi connectivity index (χ0) is 14.0. The average molecular weight is 263 g/mol. The van der Waals surface area contributed by atoms with Gasteiger partial charge < -0.3 is 15.2 Å². The molecule has 0 aliphatic carbocycles. The molecule has 1 aromatic rings. The number of hydrogen-bond donors (Lipinski definition) is 2. The Kier molecular flexibility index (Phi) is 4.16. The van der Waals surface area contributed by atoms with E-state index >= 15 is 0 Å². The molecule has 1 heterocycles. The monoisotopic (exact) mass is 263 g/mol. The Bertz CT molecular complexity index is 434. The summed E-state index contributed by atoms with van der Waals surface area (Å²) in [6, 6.07) is 6.23. The van der Waals surface area contributed by atoms with Crippen molar-refractivity contribution in [3.63, 3.8) is 0 Å². The largest absolute Gasteiger partial charge is 0.496 e. The van der Waals surface area contributed by atoms with Crippen molar-refractivity contribution in [3.8, 4) is 5.75 Å². The highest BCUT2D eigenvalue weighted by Gasteiger charge is 2.37. The summed E-state index contributed by atoms with van der Waals surface area (Å²) in [6.45, 7) is 7.19. The lowest BCUT2D eigenvalue weighted by Crippen LogP contribution is -2.43. The topological polar surface area (TPSA) is 41.5 Å². The van der Waals surface area contributed by atoms with E-state index in [1.54, 1.807) is 7.11 Å². The van der Waals surface area contributed by atoms with Crippen LogP contribution in [0.3, 0.4) is 0 Å². The predicted octanol–water partition coefficient (Wildman–Crippen LogP) is 2.78. The van der Waals surface area contributed by atoms with Crippen molar-refractivity contribution in [3.05, 3.63) is 29.3 Å². The van der Waals surface area contributed by atoms with E-state index in [1.165, 1.54) is 5.56 Å². The van der Waals surface area contributed by atoms with E-state index in [4.69, 9.17) is 4.74 Å². The Balaban J connectivity index is 2.42. The quantitative estimate of drug-likeness (QED) is 0.877. The first-order chi connectivity index (χ1) is 8.96. The second-order valence-electron chi connectivity index (χ2n) is 5.91. The van der Waals surface area contributed by atoms with Crippen LogP contribution in [0.15, 0.2) is 18.2 Å². The van der Waals surface area contributed by atoms with Gasteiger partial charge in [-0.25, -0.2) is 0 Å². The Labute approximate surface area is 116 Å². The van der Waals surface area contributed by atoms with Gasteiger partial charge in [0.15, 0.2) is 0 Å². The number of hydrogen-bond acceptors (Lipinski definition) is 3. The summed E-state index contributed by atoms with van der Waals surface area (Å²) in [7, 11) is 1.66. The Hall–Kier alpha value is -1.06. The van der Waals surface area contributed by atoms with Crippen molar-refractivity contribution in [2.24, 2.45) is 0 Å². The van der Waals surface area contributed by atoms with Crippen LogP contribution in [-0.4, -0.2) is 24.8 Å². The molecule has 1 aliphatic rings. The van der Waals surface area contributed by atoms with Gasteiger partial charge in [0, 0.05) is 11.6 Å². The van der Waals surface area contributed by atoms with Crippen LogP contribution in [-0.2, 0) is 5.60 Å². The molecule has 2 N–H and O–H groups in total. The molecule has 1 saturated heterocycles. The normalized spacial score (nSPS) is 22.5. The maximum Gasteiger partial charge on any atom is 0.125 e. The Morgan fingerprint density at radius 2 is 2.16 bits per heavy atom. The van der Waals surface area contributed by atoms with Crippen LogP contribution in [0.1, 0.15) is 50.7 Å². The lowest BCUT2D eigenvalue weighted by atomic mass is 9.84. The molecule has 0 spiro atoms. The van der Waals surface area contributed by atoms with Crippen LogP contribution in [0.2, 0.25) is 0 Å². The number of benzene rings is 1. The van der Waals surface area contributed by atoms with E-state index in [9.17, 15) is 5.11 Å². The van der Waals surface area contributed by atoms with Crippen molar-refractivity contribution >= 4 is 0 Å². The third-order valence-corrected chi connectivity index (χ3v) is 4.17. The standard InChI is InChI=1S/C16H25NO2/c1-11(2)12-7-8-14(19-4)13(10-12)16(3,18)15-6-5-9-17-15/h7-8,10-11,15,17-18H,5-6,9H2,1-4H3. The second-order valence-corrected chi connectivity index (χ2v) is 5.91. The molecule has 2 unspecified atom stereocenters. The number of nitrogens with one attached hydrogen (secondary N) is 1. The number of methoxy groups -OCH3 is 1. The van der Waals surface area contributed by atoms with Gasteiger partial charge in [0.1, 0.15) is 11.4 Å². The van der Waals surface area contributed by atoms with E-state index in [2.05, 4.69) is 31.3 Å². The van der Waals surface area contributed by atoms with Crippen LogP contribution in [0.25, 0.3) is 0 Å². The molecule has 3 nitrogen and oxygen atoms in total. The van der Waals surface area contributed by atoms with Gasteiger partial charge in [-0.3, -0.25) is 0 Å². The van der Waals surface area contributed by atoms with E-state index < -0.39 is 5.60 Å². The minimum absolute atomic E-state index is 0.101. The fourth-order valence-corrected chi connectivity index (χ4v) is 2.83. The first-order valence-electron chi connectivity index (χ1n) is 7.11. The Morgan fingerprint density at radius 1 is 1.42 bits per heavy atom. The maximum atomic E-state index is 11.0. The third kappa shape index (κ3) is 2.77. The van der Waals surface area contributed by atoms with Crippen LogP contribution >= 0.6 is 0 Å². The van der Waals surface area contributed by atoms with Gasteiger partial charge >= 0.3 is 0 Å². The molecular formula is C16H25NO2. The smallest absolute Gasteiger partial charge is 0.125 e. The summed E-state index contributed by atoms with van der Waals surface area (Å²) in [5.74, 6) is 1.21. The molecule has 0 saturated carbocycles. The molecule has 0 bridgehead atoms. The van der Waals surface area contributed by atoms with Crippen molar-refractivity contribution in [2.75, 3.05) is 13.7 Å². The van der Waals surface area contributed by atoms with E-state index in [-0.39, 0.29) is 6.04 Å². The number of aliphatic hydroxyl groups is 1. The zero-order valence-electron chi connectivity index (χ0n) is 12.4. The van der Waals surface area contributed by atoms with Crippen molar-refractivity contribution in [2.45, 2.75) is 51.2 Å². The summed E-state index contributed by atoms with van der Waals surface area (Å²) in [5, 5.41) is 14.4. The molecule has 2 rings (SSSR count). The molecule has 2 atom stereocenters. The molecule has 3 heteroatoms. The summed E-state index contributed by atoms with van der Waals surface area (Å²) in [4.78, 5) is 0. The van der Waals surface area contributed by atoms with Crippen LogP contribution < -0.4 is 10.1 Å². The lowest BCUT2D eigenvalue weighted by Gasteiger charge is -2.32. The molecule has 0 aromatic heterocycles. The summed E-state index contributed by atoms with van der Waals surface area (Å²) < 4.78 is 5.44. The summed E-state index contributed by atoms with van der Waals surface area (Å²) in [5.41, 5.74) is 1.22. The van der Waals surface area contributed by atoms with E-state index in [0.29, 0.717) is 5.92 Å². The fraction of sp³-hybridized carbons (Fsp3) is 0.625. The van der Waals surface area contributed by atoms with E-state index in [0.717, 1.165) is 30.7 Å². The summed E-state index contributed by atoms with van der Waals surface area (Å²) in [6.07, 6.45) is 2.12. The lowest BCUT2D eigenvalue weighted by molar-refractivity contribution is 0.0196. The molecule has 19 heavy (non-hydrogen) atoms. The minimum atomic E-state index is -0.896. The van der Waals surface area contributed by atoms with E-state index in [1.807, 2.05) is 13.0 Å². The first kappa shape index (κ1) is 14.4. The summed E-state index contributed by atoms with van der Waals surface area (Å²) >= 11 is 0. The molecular weight excluding hydrogens is 238 g/mol. The molecule has 1 fully saturated rings.